The third kappa shape index (κ3) is 4.34. The molecule has 1 aliphatic rings. The molecule has 1 aromatic rings. The van der Waals surface area contributed by atoms with Crippen molar-refractivity contribution in [3.05, 3.63) is 23.8 Å². The van der Waals surface area contributed by atoms with E-state index >= 15 is 0 Å². The zero-order chi connectivity index (χ0) is 13.7. The first-order valence-corrected chi connectivity index (χ1v) is 8.08. The molecule has 0 aromatic heterocycles. The van der Waals surface area contributed by atoms with Crippen molar-refractivity contribution in [3.63, 3.8) is 0 Å². The quantitative estimate of drug-likeness (QED) is 0.744. The Labute approximate surface area is 126 Å². The van der Waals surface area contributed by atoms with Crippen LogP contribution in [0.4, 0.5) is 0 Å². The van der Waals surface area contributed by atoms with Crippen molar-refractivity contribution in [1.82, 2.24) is 10.0 Å². The van der Waals surface area contributed by atoms with Gasteiger partial charge in [0, 0.05) is 19.5 Å². The molecule has 0 unspecified atom stereocenters. The van der Waals surface area contributed by atoms with Crippen molar-refractivity contribution in [2.75, 3.05) is 26.2 Å². The van der Waals surface area contributed by atoms with Gasteiger partial charge in [-0.25, -0.2) is 13.1 Å². The summed E-state index contributed by atoms with van der Waals surface area (Å²) < 4.78 is 32.1. The molecular weight excluding hydrogens is 300 g/mol. The molecule has 0 saturated carbocycles. The summed E-state index contributed by atoms with van der Waals surface area (Å²) >= 11 is 0. The predicted molar refractivity (Wildman–Crippen MR) is 81.2 cm³/mol. The highest BCUT2D eigenvalue weighted by Crippen LogP contribution is 2.27. The van der Waals surface area contributed by atoms with Gasteiger partial charge in [-0.2, -0.15) is 0 Å². The van der Waals surface area contributed by atoms with Crippen molar-refractivity contribution in [2.45, 2.75) is 24.7 Å². The molecule has 1 heterocycles. The largest absolute Gasteiger partial charge is 0.493 e. The van der Waals surface area contributed by atoms with Crippen molar-refractivity contribution in [1.29, 1.82) is 0 Å². The first-order valence-electron chi connectivity index (χ1n) is 6.59. The molecule has 0 radical (unpaired) electrons. The van der Waals surface area contributed by atoms with Crippen LogP contribution in [0.1, 0.15) is 18.9 Å². The molecule has 5 nitrogen and oxygen atoms in total. The van der Waals surface area contributed by atoms with Crippen LogP contribution >= 0.6 is 12.4 Å². The highest BCUT2D eigenvalue weighted by molar-refractivity contribution is 7.89. The number of halogens is 1. The molecule has 7 heteroatoms. The second-order valence-corrected chi connectivity index (χ2v) is 6.28. The van der Waals surface area contributed by atoms with Crippen LogP contribution in [0.2, 0.25) is 0 Å². The van der Waals surface area contributed by atoms with Crippen LogP contribution in [0.3, 0.4) is 0 Å². The van der Waals surface area contributed by atoms with E-state index in [1.165, 1.54) is 0 Å². The van der Waals surface area contributed by atoms with Crippen LogP contribution in [-0.2, 0) is 16.4 Å². The number of sulfonamides is 1. The summed E-state index contributed by atoms with van der Waals surface area (Å²) in [5.74, 6) is 0.795. The molecule has 0 spiro atoms. The molecule has 2 N–H and O–H groups in total. The average molecular weight is 321 g/mol. The molecular formula is C13H21ClN2O3S. The molecule has 0 saturated heterocycles. The van der Waals surface area contributed by atoms with E-state index in [0.717, 1.165) is 30.7 Å². The van der Waals surface area contributed by atoms with Gasteiger partial charge >= 0.3 is 0 Å². The Kier molecular flexibility index (Phi) is 6.75. The Bertz CT molecular complexity index is 534. The number of rotatable bonds is 7. The maximum absolute atomic E-state index is 12.1. The van der Waals surface area contributed by atoms with E-state index in [9.17, 15) is 8.42 Å². The topological polar surface area (TPSA) is 67.4 Å². The van der Waals surface area contributed by atoms with Gasteiger partial charge in [-0.3, -0.25) is 0 Å². The Morgan fingerprint density at radius 3 is 2.80 bits per heavy atom. The van der Waals surface area contributed by atoms with Gasteiger partial charge in [0.05, 0.1) is 11.5 Å². The summed E-state index contributed by atoms with van der Waals surface area (Å²) in [7, 11) is -3.41. The normalized spacial score (nSPS) is 13.4. The molecule has 0 aliphatic carbocycles. The van der Waals surface area contributed by atoms with Gasteiger partial charge in [-0.05, 0) is 36.7 Å². The molecule has 1 aromatic carbocycles. The van der Waals surface area contributed by atoms with Crippen molar-refractivity contribution < 1.29 is 13.2 Å². The zero-order valence-electron chi connectivity index (χ0n) is 11.5. The lowest BCUT2D eigenvalue weighted by Gasteiger charge is -2.08. The summed E-state index contributed by atoms with van der Waals surface area (Å²) in [4.78, 5) is 0.312. The van der Waals surface area contributed by atoms with Crippen LogP contribution in [0.25, 0.3) is 0 Å². The van der Waals surface area contributed by atoms with E-state index in [4.69, 9.17) is 4.74 Å². The number of benzene rings is 1. The lowest BCUT2D eigenvalue weighted by Crippen LogP contribution is -2.32. The Balaban J connectivity index is 0.00000200. The molecule has 0 amide bonds. The minimum atomic E-state index is -3.41. The maximum atomic E-state index is 12.1. The highest BCUT2D eigenvalue weighted by Gasteiger charge is 2.18. The van der Waals surface area contributed by atoms with E-state index in [-0.39, 0.29) is 12.4 Å². The molecule has 2 rings (SSSR count). The molecule has 0 fully saturated rings. The summed E-state index contributed by atoms with van der Waals surface area (Å²) in [5, 5.41) is 3.15. The standard InChI is InChI=1S/C13H20N2O3S.ClH/c1-2-6-14-7-8-15-19(16,17)12-3-4-13-11(10-12)5-9-18-13;/h3-4,10,14-15H,2,5-9H2,1H3;1H. The Hall–Kier alpha value is -0.820. The third-order valence-electron chi connectivity index (χ3n) is 2.99. The molecule has 114 valence electrons. The number of fused-ring (bicyclic) bond motifs is 1. The molecule has 20 heavy (non-hydrogen) atoms. The zero-order valence-corrected chi connectivity index (χ0v) is 13.1. The smallest absolute Gasteiger partial charge is 0.240 e. The summed E-state index contributed by atoms with van der Waals surface area (Å²) in [6.07, 6.45) is 1.81. The third-order valence-corrected chi connectivity index (χ3v) is 4.45. The second kappa shape index (κ2) is 7.83. The monoisotopic (exact) mass is 320 g/mol. The number of ether oxygens (including phenoxy) is 1. The van der Waals surface area contributed by atoms with Crippen LogP contribution in [-0.4, -0.2) is 34.7 Å². The highest BCUT2D eigenvalue weighted by atomic mass is 35.5. The van der Waals surface area contributed by atoms with Crippen molar-refractivity contribution in [2.24, 2.45) is 0 Å². The first-order chi connectivity index (χ1) is 9.13. The van der Waals surface area contributed by atoms with Gasteiger partial charge in [-0.1, -0.05) is 6.92 Å². The van der Waals surface area contributed by atoms with Crippen LogP contribution < -0.4 is 14.8 Å². The van der Waals surface area contributed by atoms with Crippen molar-refractivity contribution in [3.8, 4) is 5.75 Å². The summed E-state index contributed by atoms with van der Waals surface area (Å²) in [6.45, 7) is 4.64. The van der Waals surface area contributed by atoms with Gasteiger partial charge in [0.1, 0.15) is 5.75 Å². The van der Waals surface area contributed by atoms with Crippen LogP contribution in [0.15, 0.2) is 23.1 Å². The lowest BCUT2D eigenvalue weighted by molar-refractivity contribution is 0.356. The van der Waals surface area contributed by atoms with E-state index in [2.05, 4.69) is 17.0 Å². The Morgan fingerprint density at radius 2 is 2.05 bits per heavy atom. The van der Waals surface area contributed by atoms with Gasteiger partial charge in [0.25, 0.3) is 0 Å². The van der Waals surface area contributed by atoms with Gasteiger partial charge in [0.2, 0.25) is 10.0 Å². The molecule has 0 bridgehead atoms. The predicted octanol–water partition coefficient (Wildman–Crippen LogP) is 1.32. The van der Waals surface area contributed by atoms with Gasteiger partial charge in [-0.15, -0.1) is 12.4 Å². The van der Waals surface area contributed by atoms with E-state index in [1.54, 1.807) is 18.2 Å². The first kappa shape index (κ1) is 17.2. The second-order valence-electron chi connectivity index (χ2n) is 4.52. The van der Waals surface area contributed by atoms with Crippen molar-refractivity contribution >= 4 is 22.4 Å². The van der Waals surface area contributed by atoms with Crippen LogP contribution in [0.5, 0.6) is 5.75 Å². The SMILES string of the molecule is CCCNCCNS(=O)(=O)c1ccc2c(c1)CCO2.Cl. The van der Waals surface area contributed by atoms with E-state index in [0.29, 0.717) is 24.6 Å². The minimum absolute atomic E-state index is 0. The van der Waals surface area contributed by atoms with Gasteiger partial charge in [0.15, 0.2) is 0 Å². The van der Waals surface area contributed by atoms with E-state index < -0.39 is 10.0 Å². The number of nitrogens with one attached hydrogen (secondary N) is 2. The lowest BCUT2D eigenvalue weighted by atomic mass is 10.2. The Morgan fingerprint density at radius 1 is 1.25 bits per heavy atom. The minimum Gasteiger partial charge on any atom is -0.493 e. The summed E-state index contributed by atoms with van der Waals surface area (Å²) in [6, 6.07) is 5.02. The fourth-order valence-corrected chi connectivity index (χ4v) is 3.07. The maximum Gasteiger partial charge on any atom is 0.240 e. The summed E-state index contributed by atoms with van der Waals surface area (Å²) in [5.41, 5.74) is 0.965. The fourth-order valence-electron chi connectivity index (χ4n) is 1.99. The van der Waals surface area contributed by atoms with E-state index in [1.807, 2.05) is 0 Å². The average Bonchev–Trinajstić information content (AvgIpc) is 2.85. The van der Waals surface area contributed by atoms with Gasteiger partial charge < -0.3 is 10.1 Å². The fraction of sp³-hybridized carbons (Fsp3) is 0.538. The van der Waals surface area contributed by atoms with Crippen LogP contribution in [0, 0.1) is 0 Å². The number of hydrogen-bond donors (Lipinski definition) is 2. The molecule has 0 atom stereocenters. The molecule has 1 aliphatic heterocycles. The number of hydrogen-bond acceptors (Lipinski definition) is 4.